The number of hydrogen-bond acceptors (Lipinski definition) is 5. The van der Waals surface area contributed by atoms with Gasteiger partial charge in [0.15, 0.2) is 12.4 Å². The van der Waals surface area contributed by atoms with Gasteiger partial charge in [-0.05, 0) is 55.3 Å². The van der Waals surface area contributed by atoms with Gasteiger partial charge in [0, 0.05) is 29.9 Å². The second kappa shape index (κ2) is 7.50. The summed E-state index contributed by atoms with van der Waals surface area (Å²) in [6.45, 7) is 2.00. The molecule has 0 aromatic heterocycles. The molecule has 0 spiro atoms. The van der Waals surface area contributed by atoms with Crippen LogP contribution >= 0.6 is 0 Å². The first kappa shape index (κ1) is 18.9. The van der Waals surface area contributed by atoms with Crippen LogP contribution in [0.25, 0.3) is 0 Å². The first-order valence-corrected chi connectivity index (χ1v) is 9.49. The van der Waals surface area contributed by atoms with Crippen LogP contribution in [0.4, 0.5) is 11.4 Å². The highest BCUT2D eigenvalue weighted by Crippen LogP contribution is 2.32. The van der Waals surface area contributed by atoms with E-state index in [1.807, 2.05) is 0 Å². The zero-order chi connectivity index (χ0) is 20.5. The zero-order valence-corrected chi connectivity index (χ0v) is 15.9. The number of fused-ring (bicyclic) bond motifs is 1. The number of ether oxygens (including phenoxy) is 1. The number of ketones is 1. The number of nitrogens with zero attached hydrogens (tertiary/aromatic N) is 1. The van der Waals surface area contributed by atoms with Crippen molar-refractivity contribution in [2.75, 3.05) is 23.4 Å². The number of rotatable bonds is 5. The minimum Gasteiger partial charge on any atom is -0.454 e. The van der Waals surface area contributed by atoms with Crippen molar-refractivity contribution >= 4 is 34.9 Å². The number of hydrogen-bond donors (Lipinski definition) is 1. The Morgan fingerprint density at radius 1 is 1.14 bits per heavy atom. The second-order valence-electron chi connectivity index (χ2n) is 7.21. The third-order valence-corrected chi connectivity index (χ3v) is 5.29. The predicted molar refractivity (Wildman–Crippen MR) is 106 cm³/mol. The smallest absolute Gasteiger partial charge is 0.338 e. The van der Waals surface area contributed by atoms with Crippen molar-refractivity contribution in [2.24, 2.45) is 0 Å². The van der Waals surface area contributed by atoms with Crippen molar-refractivity contribution < 1.29 is 23.9 Å². The summed E-state index contributed by atoms with van der Waals surface area (Å²) in [5.41, 5.74) is 2.78. The summed E-state index contributed by atoms with van der Waals surface area (Å²) in [4.78, 5) is 50.1. The van der Waals surface area contributed by atoms with Gasteiger partial charge in [-0.25, -0.2) is 4.79 Å². The molecule has 0 aliphatic carbocycles. The molecule has 4 rings (SSSR count). The lowest BCUT2D eigenvalue weighted by molar-refractivity contribution is -0.117. The lowest BCUT2D eigenvalue weighted by Gasteiger charge is -2.16. The molecule has 2 aromatic rings. The van der Waals surface area contributed by atoms with Gasteiger partial charge in [-0.1, -0.05) is 6.07 Å². The van der Waals surface area contributed by atoms with Crippen LogP contribution < -0.4 is 10.2 Å². The summed E-state index contributed by atoms with van der Waals surface area (Å²) in [5.74, 6) is -1.37. The van der Waals surface area contributed by atoms with Crippen molar-refractivity contribution in [3.8, 4) is 0 Å². The van der Waals surface area contributed by atoms with Crippen molar-refractivity contribution in [1.82, 2.24) is 0 Å². The Morgan fingerprint density at radius 2 is 1.97 bits per heavy atom. The van der Waals surface area contributed by atoms with Crippen LogP contribution in [0, 0.1) is 0 Å². The molecule has 1 saturated heterocycles. The van der Waals surface area contributed by atoms with Gasteiger partial charge in [-0.3, -0.25) is 14.4 Å². The lowest BCUT2D eigenvalue weighted by Crippen LogP contribution is -2.24. The van der Waals surface area contributed by atoms with Crippen LogP contribution in [0.15, 0.2) is 42.5 Å². The Hall–Kier alpha value is -3.48. The van der Waals surface area contributed by atoms with Crippen LogP contribution in [0.3, 0.4) is 0 Å². The van der Waals surface area contributed by atoms with Gasteiger partial charge < -0.3 is 15.0 Å². The largest absolute Gasteiger partial charge is 0.454 e. The number of benzene rings is 2. The molecule has 1 N–H and O–H groups in total. The fourth-order valence-corrected chi connectivity index (χ4v) is 3.61. The number of nitrogens with one attached hydrogen (secondary N) is 1. The van der Waals surface area contributed by atoms with Crippen molar-refractivity contribution in [3.05, 3.63) is 59.2 Å². The first-order valence-electron chi connectivity index (χ1n) is 9.49. The van der Waals surface area contributed by atoms with E-state index in [1.54, 1.807) is 54.3 Å². The topological polar surface area (TPSA) is 92.8 Å². The fourth-order valence-electron chi connectivity index (χ4n) is 3.61. The molecule has 0 radical (unpaired) electrons. The normalized spacial score (nSPS) is 17.8. The molecular formula is C22H20N2O5. The van der Waals surface area contributed by atoms with Crippen molar-refractivity contribution in [3.63, 3.8) is 0 Å². The minimum absolute atomic E-state index is 0.0319. The quantitative estimate of drug-likeness (QED) is 0.624. The number of esters is 1. The molecule has 0 bridgehead atoms. The molecular weight excluding hydrogens is 372 g/mol. The second-order valence-corrected chi connectivity index (χ2v) is 7.21. The van der Waals surface area contributed by atoms with E-state index >= 15 is 0 Å². The molecule has 2 aromatic carbocycles. The molecule has 148 valence electrons. The van der Waals surface area contributed by atoms with E-state index in [0.717, 1.165) is 12.0 Å². The fraction of sp³-hybridized carbons (Fsp3) is 0.273. The zero-order valence-electron chi connectivity index (χ0n) is 15.9. The van der Waals surface area contributed by atoms with Gasteiger partial charge in [0.1, 0.15) is 0 Å². The van der Waals surface area contributed by atoms with E-state index in [2.05, 4.69) is 5.32 Å². The number of anilines is 2. The van der Waals surface area contributed by atoms with Gasteiger partial charge in [-0.15, -0.1) is 0 Å². The van der Waals surface area contributed by atoms with Gasteiger partial charge in [-0.2, -0.15) is 0 Å². The molecule has 2 aliphatic rings. The van der Waals surface area contributed by atoms with E-state index in [-0.39, 0.29) is 29.1 Å². The lowest BCUT2D eigenvalue weighted by atomic mass is 9.99. The third kappa shape index (κ3) is 3.63. The molecule has 1 fully saturated rings. The van der Waals surface area contributed by atoms with Gasteiger partial charge >= 0.3 is 5.97 Å². The Balaban J connectivity index is 1.42. The van der Waals surface area contributed by atoms with Crippen molar-refractivity contribution in [1.29, 1.82) is 0 Å². The Labute approximate surface area is 167 Å². The molecule has 0 unspecified atom stereocenters. The summed E-state index contributed by atoms with van der Waals surface area (Å²) in [6, 6.07) is 11.6. The van der Waals surface area contributed by atoms with Crippen LogP contribution in [-0.2, 0) is 14.3 Å². The van der Waals surface area contributed by atoms with Crippen LogP contribution in [0.2, 0.25) is 0 Å². The molecule has 0 saturated carbocycles. The van der Waals surface area contributed by atoms with E-state index in [1.165, 1.54) is 0 Å². The average molecular weight is 392 g/mol. The van der Waals surface area contributed by atoms with Gasteiger partial charge in [0.25, 0.3) is 0 Å². The summed E-state index contributed by atoms with van der Waals surface area (Å²) in [6.07, 6.45) is 1.30. The Bertz CT molecular complexity index is 1030. The van der Waals surface area contributed by atoms with E-state index in [4.69, 9.17) is 4.74 Å². The highest BCUT2D eigenvalue weighted by Gasteiger charge is 2.27. The highest BCUT2D eigenvalue weighted by atomic mass is 16.5. The summed E-state index contributed by atoms with van der Waals surface area (Å²) in [5, 5.41) is 2.75. The van der Waals surface area contributed by atoms with Gasteiger partial charge in [0.2, 0.25) is 11.8 Å². The maximum atomic E-state index is 12.5. The highest BCUT2D eigenvalue weighted by molar-refractivity contribution is 6.05. The first-order chi connectivity index (χ1) is 13.9. The molecule has 29 heavy (non-hydrogen) atoms. The van der Waals surface area contributed by atoms with Crippen LogP contribution in [-0.4, -0.2) is 36.7 Å². The SMILES string of the molecule is C[C@H]1C(=O)Nc2ccc(C(=O)COC(=O)c3cccc(N4CCCC4=O)c3)cc21. The Morgan fingerprint density at radius 3 is 2.72 bits per heavy atom. The maximum Gasteiger partial charge on any atom is 0.338 e. The minimum atomic E-state index is -0.627. The number of Topliss-reactive ketones (excluding diaryl/α,β-unsaturated/α-hetero) is 1. The summed E-state index contributed by atoms with van der Waals surface area (Å²) < 4.78 is 5.18. The summed E-state index contributed by atoms with van der Waals surface area (Å²) >= 11 is 0. The van der Waals surface area contributed by atoms with Crippen LogP contribution in [0.1, 0.15) is 52.0 Å². The standard InChI is InChI=1S/C22H20N2O5/c1-13-17-11-14(7-8-18(17)23-21(13)27)19(25)12-29-22(28)15-4-2-5-16(10-15)24-9-3-6-20(24)26/h2,4-5,7-8,10-11,13H,3,6,9,12H2,1H3,(H,23,27)/t13-/m1/s1. The maximum absolute atomic E-state index is 12.5. The average Bonchev–Trinajstić information content (AvgIpc) is 3.28. The third-order valence-electron chi connectivity index (χ3n) is 5.29. The molecule has 2 heterocycles. The molecule has 2 amide bonds. The van der Waals surface area contributed by atoms with E-state index < -0.39 is 12.6 Å². The van der Waals surface area contributed by atoms with Crippen LogP contribution in [0.5, 0.6) is 0 Å². The molecule has 2 aliphatic heterocycles. The predicted octanol–water partition coefficient (Wildman–Crippen LogP) is 2.91. The van der Waals surface area contributed by atoms with Crippen molar-refractivity contribution in [2.45, 2.75) is 25.7 Å². The molecule has 1 atom stereocenters. The Kier molecular flexibility index (Phi) is 4.88. The summed E-state index contributed by atoms with van der Waals surface area (Å²) in [7, 11) is 0. The van der Waals surface area contributed by atoms with E-state index in [9.17, 15) is 19.2 Å². The van der Waals surface area contributed by atoms with Gasteiger partial charge in [0.05, 0.1) is 11.5 Å². The number of carbonyl (C=O) groups excluding carboxylic acids is 4. The number of carbonyl (C=O) groups is 4. The monoisotopic (exact) mass is 392 g/mol. The molecule has 7 heteroatoms. The van der Waals surface area contributed by atoms with E-state index in [0.29, 0.717) is 29.9 Å². The number of amides is 2. The molecule has 7 nitrogen and oxygen atoms in total.